The minimum absolute atomic E-state index is 0.287. The van der Waals surface area contributed by atoms with Gasteiger partial charge in [-0.25, -0.2) is 9.78 Å². The van der Waals surface area contributed by atoms with Crippen molar-refractivity contribution in [2.75, 3.05) is 6.61 Å². The van der Waals surface area contributed by atoms with Gasteiger partial charge in [0.15, 0.2) is 0 Å². The van der Waals surface area contributed by atoms with Crippen LogP contribution in [0.25, 0.3) is 0 Å². The third-order valence-electron chi connectivity index (χ3n) is 2.84. The highest BCUT2D eigenvalue weighted by Crippen LogP contribution is 2.29. The zero-order valence-electron chi connectivity index (χ0n) is 9.25. The fourth-order valence-electron chi connectivity index (χ4n) is 2.09. The van der Waals surface area contributed by atoms with Crippen LogP contribution in [0.1, 0.15) is 41.3 Å². The van der Waals surface area contributed by atoms with E-state index in [0.29, 0.717) is 17.3 Å². The summed E-state index contributed by atoms with van der Waals surface area (Å²) >= 11 is 6.03. The molecule has 0 saturated heterocycles. The van der Waals surface area contributed by atoms with Crippen LogP contribution in [0, 0.1) is 0 Å². The molecule has 0 spiro atoms. The van der Waals surface area contributed by atoms with Crippen molar-refractivity contribution < 1.29 is 9.53 Å². The lowest BCUT2D eigenvalue weighted by Gasteiger charge is -2.18. The Morgan fingerprint density at radius 1 is 1.44 bits per heavy atom. The molecule has 0 aromatic carbocycles. The van der Waals surface area contributed by atoms with E-state index in [2.05, 4.69) is 4.98 Å². The molecule has 0 aliphatic heterocycles. The number of rotatable bonds is 2. The zero-order valence-corrected chi connectivity index (χ0v) is 10.0. The fourth-order valence-corrected chi connectivity index (χ4v) is 2.35. The third-order valence-corrected chi connectivity index (χ3v) is 3.17. The summed E-state index contributed by atoms with van der Waals surface area (Å²) in [6.07, 6.45) is 5.55. The minimum atomic E-state index is -0.287. The van der Waals surface area contributed by atoms with Crippen molar-refractivity contribution in [3.8, 4) is 0 Å². The first kappa shape index (κ1) is 11.4. The average molecular weight is 240 g/mol. The van der Waals surface area contributed by atoms with Crippen LogP contribution >= 0.6 is 11.6 Å². The van der Waals surface area contributed by atoms with Crippen molar-refractivity contribution >= 4 is 17.6 Å². The van der Waals surface area contributed by atoms with Gasteiger partial charge < -0.3 is 4.74 Å². The van der Waals surface area contributed by atoms with Crippen LogP contribution in [-0.2, 0) is 17.6 Å². The molecule has 0 bridgehead atoms. The Kier molecular flexibility index (Phi) is 3.44. The Labute approximate surface area is 99.8 Å². The molecule has 0 amide bonds. The number of aromatic nitrogens is 1. The second kappa shape index (κ2) is 4.83. The van der Waals surface area contributed by atoms with E-state index in [1.807, 2.05) is 0 Å². The molecule has 0 radical (unpaired) electrons. The van der Waals surface area contributed by atoms with Crippen molar-refractivity contribution in [3.05, 3.63) is 28.0 Å². The quantitative estimate of drug-likeness (QED) is 0.589. The minimum Gasteiger partial charge on any atom is -0.462 e. The van der Waals surface area contributed by atoms with Gasteiger partial charge in [0.1, 0.15) is 5.15 Å². The van der Waals surface area contributed by atoms with Crippen molar-refractivity contribution in [3.63, 3.8) is 0 Å². The molecule has 1 aliphatic carbocycles. The smallest absolute Gasteiger partial charge is 0.339 e. The Hall–Kier alpha value is -1.09. The van der Waals surface area contributed by atoms with Gasteiger partial charge in [0, 0.05) is 6.20 Å². The second-order valence-electron chi connectivity index (χ2n) is 3.85. The normalized spacial score (nSPS) is 14.4. The van der Waals surface area contributed by atoms with Gasteiger partial charge in [-0.15, -0.1) is 0 Å². The second-order valence-corrected chi connectivity index (χ2v) is 4.21. The first-order chi connectivity index (χ1) is 7.74. The number of halogens is 1. The van der Waals surface area contributed by atoms with E-state index in [1.165, 1.54) is 6.20 Å². The number of ether oxygens (including phenoxy) is 1. The molecule has 1 aromatic heterocycles. The molecule has 0 unspecified atom stereocenters. The van der Waals surface area contributed by atoms with Crippen molar-refractivity contribution in [2.45, 2.75) is 32.6 Å². The first-order valence-corrected chi connectivity index (χ1v) is 5.95. The summed E-state index contributed by atoms with van der Waals surface area (Å²) in [6.45, 7) is 2.18. The molecule has 1 aromatic rings. The van der Waals surface area contributed by atoms with Gasteiger partial charge in [0.2, 0.25) is 0 Å². The molecule has 1 aliphatic rings. The van der Waals surface area contributed by atoms with E-state index >= 15 is 0 Å². The maximum absolute atomic E-state index is 11.7. The van der Waals surface area contributed by atoms with E-state index in [0.717, 1.165) is 36.8 Å². The maximum Gasteiger partial charge on any atom is 0.339 e. The number of nitrogens with zero attached hydrogens (tertiary/aromatic N) is 1. The largest absolute Gasteiger partial charge is 0.462 e. The Morgan fingerprint density at radius 3 is 2.81 bits per heavy atom. The van der Waals surface area contributed by atoms with Crippen LogP contribution in [0.5, 0.6) is 0 Å². The molecule has 2 rings (SSSR count). The molecule has 1 heterocycles. The molecule has 0 saturated carbocycles. The molecule has 0 atom stereocenters. The van der Waals surface area contributed by atoms with Crippen molar-refractivity contribution in [1.29, 1.82) is 0 Å². The molecular weight excluding hydrogens is 226 g/mol. The summed E-state index contributed by atoms with van der Waals surface area (Å²) in [7, 11) is 0. The molecule has 4 heteroatoms. The highest BCUT2D eigenvalue weighted by atomic mass is 35.5. The van der Waals surface area contributed by atoms with E-state index in [9.17, 15) is 4.79 Å². The van der Waals surface area contributed by atoms with Gasteiger partial charge in [0.25, 0.3) is 0 Å². The fraction of sp³-hybridized carbons (Fsp3) is 0.500. The number of fused-ring (bicyclic) bond motifs is 1. The summed E-state index contributed by atoms with van der Waals surface area (Å²) in [4.78, 5) is 15.8. The summed E-state index contributed by atoms with van der Waals surface area (Å²) in [5.74, 6) is -0.287. The SMILES string of the molecule is CCOC(=O)c1cnc(Cl)c2c1CCCC2. The highest BCUT2D eigenvalue weighted by molar-refractivity contribution is 6.30. The average Bonchev–Trinajstić information content (AvgIpc) is 2.30. The van der Waals surface area contributed by atoms with E-state index in [1.54, 1.807) is 6.92 Å². The van der Waals surface area contributed by atoms with Gasteiger partial charge in [-0.05, 0) is 43.7 Å². The van der Waals surface area contributed by atoms with Crippen molar-refractivity contribution in [1.82, 2.24) is 4.98 Å². The van der Waals surface area contributed by atoms with E-state index < -0.39 is 0 Å². The maximum atomic E-state index is 11.7. The molecule has 16 heavy (non-hydrogen) atoms. The summed E-state index contributed by atoms with van der Waals surface area (Å²) < 4.78 is 5.01. The predicted octanol–water partition coefficient (Wildman–Crippen LogP) is 2.79. The molecule has 86 valence electrons. The monoisotopic (exact) mass is 239 g/mol. The molecule has 3 nitrogen and oxygen atoms in total. The lowest BCUT2D eigenvalue weighted by Crippen LogP contribution is -2.14. The van der Waals surface area contributed by atoms with Gasteiger partial charge in [-0.2, -0.15) is 0 Å². The number of pyridine rings is 1. The van der Waals surface area contributed by atoms with Crippen LogP contribution in [0.4, 0.5) is 0 Å². The van der Waals surface area contributed by atoms with Crippen LogP contribution in [0.2, 0.25) is 5.15 Å². The number of carbonyl (C=O) groups is 1. The number of hydrogen-bond donors (Lipinski definition) is 0. The highest BCUT2D eigenvalue weighted by Gasteiger charge is 2.21. The first-order valence-electron chi connectivity index (χ1n) is 5.57. The van der Waals surface area contributed by atoms with Gasteiger partial charge in [0.05, 0.1) is 12.2 Å². The van der Waals surface area contributed by atoms with E-state index in [4.69, 9.17) is 16.3 Å². The molecule has 0 fully saturated rings. The topological polar surface area (TPSA) is 39.2 Å². The van der Waals surface area contributed by atoms with Crippen LogP contribution in [-0.4, -0.2) is 17.6 Å². The lowest BCUT2D eigenvalue weighted by molar-refractivity contribution is 0.0524. The molecular formula is C12H14ClNO2. The summed E-state index contributed by atoms with van der Waals surface area (Å²) in [6, 6.07) is 0. The summed E-state index contributed by atoms with van der Waals surface area (Å²) in [5, 5.41) is 0.530. The Morgan fingerprint density at radius 2 is 2.12 bits per heavy atom. The number of hydrogen-bond acceptors (Lipinski definition) is 3. The van der Waals surface area contributed by atoms with E-state index in [-0.39, 0.29) is 5.97 Å². The number of esters is 1. The van der Waals surface area contributed by atoms with Crippen LogP contribution < -0.4 is 0 Å². The van der Waals surface area contributed by atoms with Gasteiger partial charge in [-0.1, -0.05) is 11.6 Å². The third kappa shape index (κ3) is 2.05. The predicted molar refractivity (Wildman–Crippen MR) is 61.8 cm³/mol. The van der Waals surface area contributed by atoms with Gasteiger partial charge >= 0.3 is 5.97 Å². The van der Waals surface area contributed by atoms with Crippen LogP contribution in [0.3, 0.4) is 0 Å². The summed E-state index contributed by atoms with van der Waals surface area (Å²) in [5.41, 5.74) is 2.64. The molecule has 0 N–H and O–H groups in total. The zero-order chi connectivity index (χ0) is 11.5. The van der Waals surface area contributed by atoms with Crippen molar-refractivity contribution in [2.24, 2.45) is 0 Å². The Balaban J connectivity index is 2.42. The lowest BCUT2D eigenvalue weighted by atomic mass is 9.90. The van der Waals surface area contributed by atoms with Gasteiger partial charge in [-0.3, -0.25) is 0 Å². The number of carbonyl (C=O) groups excluding carboxylic acids is 1. The standard InChI is InChI=1S/C12H14ClNO2/c1-2-16-12(15)10-7-14-11(13)9-6-4-3-5-8(9)10/h7H,2-6H2,1H3. The van der Waals surface area contributed by atoms with Crippen LogP contribution in [0.15, 0.2) is 6.20 Å². The Bertz CT molecular complexity index is 418.